The zero-order valence-corrected chi connectivity index (χ0v) is 13.0. The van der Waals surface area contributed by atoms with Gasteiger partial charge in [0.1, 0.15) is 0 Å². The van der Waals surface area contributed by atoms with Crippen molar-refractivity contribution < 1.29 is 19.1 Å². The second-order valence-corrected chi connectivity index (χ2v) is 5.25. The summed E-state index contributed by atoms with van der Waals surface area (Å²) < 4.78 is 10.5. The molecule has 0 unspecified atom stereocenters. The molecule has 1 aliphatic rings. The number of amides is 2. The summed E-state index contributed by atoms with van der Waals surface area (Å²) in [4.78, 5) is 25.9. The lowest BCUT2D eigenvalue weighted by molar-refractivity contribution is 0.0656. The Morgan fingerprint density at radius 2 is 1.48 bits per heavy atom. The van der Waals surface area contributed by atoms with Crippen LogP contribution in [-0.2, 0) is 6.42 Å². The zero-order valence-electron chi connectivity index (χ0n) is 13.0. The zero-order chi connectivity index (χ0) is 16.4. The quantitative estimate of drug-likeness (QED) is 0.796. The molecule has 0 radical (unpaired) electrons. The smallest absolute Gasteiger partial charge is 0.261 e. The van der Waals surface area contributed by atoms with Crippen LogP contribution in [0.2, 0.25) is 0 Å². The molecular formula is C18H17NO4. The fourth-order valence-electron chi connectivity index (χ4n) is 2.72. The Hall–Kier alpha value is -2.82. The first-order valence-electron chi connectivity index (χ1n) is 7.32. The Balaban J connectivity index is 1.75. The highest BCUT2D eigenvalue weighted by Crippen LogP contribution is 2.28. The maximum absolute atomic E-state index is 12.3. The average molecular weight is 311 g/mol. The van der Waals surface area contributed by atoms with Crippen LogP contribution >= 0.6 is 0 Å². The van der Waals surface area contributed by atoms with Gasteiger partial charge >= 0.3 is 0 Å². The third-order valence-electron chi connectivity index (χ3n) is 3.95. The van der Waals surface area contributed by atoms with E-state index in [4.69, 9.17) is 9.47 Å². The van der Waals surface area contributed by atoms with E-state index in [-0.39, 0.29) is 11.8 Å². The first kappa shape index (κ1) is 15.1. The van der Waals surface area contributed by atoms with Crippen molar-refractivity contribution in [1.82, 2.24) is 4.90 Å². The van der Waals surface area contributed by atoms with Gasteiger partial charge in [0.15, 0.2) is 11.5 Å². The van der Waals surface area contributed by atoms with E-state index in [1.165, 1.54) is 4.90 Å². The number of rotatable bonds is 5. The maximum Gasteiger partial charge on any atom is 0.261 e. The predicted octanol–water partition coefficient (Wildman–Crippen LogP) is 2.54. The average Bonchev–Trinajstić information content (AvgIpc) is 2.84. The lowest BCUT2D eigenvalue weighted by atomic mass is 10.1. The molecule has 0 saturated heterocycles. The molecule has 2 aromatic rings. The number of imide groups is 1. The molecule has 23 heavy (non-hydrogen) atoms. The van der Waals surface area contributed by atoms with E-state index in [9.17, 15) is 9.59 Å². The van der Waals surface area contributed by atoms with E-state index < -0.39 is 0 Å². The van der Waals surface area contributed by atoms with Crippen molar-refractivity contribution in [1.29, 1.82) is 0 Å². The standard InChI is InChI=1S/C18H17NO4/c1-22-15-8-7-12(11-16(15)23-2)9-10-19-17(20)13-5-3-4-6-14(13)18(19)21/h3-8,11H,9-10H2,1-2H3. The van der Waals surface area contributed by atoms with E-state index in [0.717, 1.165) is 5.56 Å². The summed E-state index contributed by atoms with van der Waals surface area (Å²) in [5.41, 5.74) is 1.92. The van der Waals surface area contributed by atoms with Crippen molar-refractivity contribution in [3.63, 3.8) is 0 Å². The summed E-state index contributed by atoms with van der Waals surface area (Å²) in [5, 5.41) is 0. The van der Waals surface area contributed by atoms with Gasteiger partial charge < -0.3 is 9.47 Å². The topological polar surface area (TPSA) is 55.8 Å². The number of ether oxygens (including phenoxy) is 2. The molecule has 1 aliphatic heterocycles. The molecule has 5 heteroatoms. The first-order valence-corrected chi connectivity index (χ1v) is 7.32. The van der Waals surface area contributed by atoms with E-state index in [2.05, 4.69) is 0 Å². The number of carbonyl (C=O) groups is 2. The monoisotopic (exact) mass is 311 g/mol. The molecule has 0 saturated carbocycles. The molecule has 5 nitrogen and oxygen atoms in total. The van der Waals surface area contributed by atoms with Gasteiger partial charge in [0.25, 0.3) is 11.8 Å². The normalized spacial score (nSPS) is 13.2. The van der Waals surface area contributed by atoms with Gasteiger partial charge in [-0.1, -0.05) is 18.2 Å². The largest absolute Gasteiger partial charge is 0.493 e. The molecule has 2 amide bonds. The Kier molecular flexibility index (Phi) is 4.02. The minimum absolute atomic E-state index is 0.230. The van der Waals surface area contributed by atoms with Crippen LogP contribution in [0.4, 0.5) is 0 Å². The summed E-state index contributed by atoms with van der Waals surface area (Å²) >= 11 is 0. The van der Waals surface area contributed by atoms with Crippen LogP contribution in [0.5, 0.6) is 11.5 Å². The molecule has 0 fully saturated rings. The fourth-order valence-corrected chi connectivity index (χ4v) is 2.72. The van der Waals surface area contributed by atoms with E-state index >= 15 is 0 Å². The van der Waals surface area contributed by atoms with Gasteiger partial charge in [0.2, 0.25) is 0 Å². The molecule has 0 bridgehead atoms. The van der Waals surface area contributed by atoms with Crippen LogP contribution in [0.3, 0.4) is 0 Å². The van der Waals surface area contributed by atoms with E-state index in [0.29, 0.717) is 35.6 Å². The predicted molar refractivity (Wildman–Crippen MR) is 85.1 cm³/mol. The van der Waals surface area contributed by atoms with Crippen LogP contribution in [0, 0.1) is 0 Å². The second kappa shape index (κ2) is 6.12. The van der Waals surface area contributed by atoms with Crippen molar-refractivity contribution >= 4 is 11.8 Å². The van der Waals surface area contributed by atoms with Gasteiger partial charge in [-0.15, -0.1) is 0 Å². The van der Waals surface area contributed by atoms with Gasteiger partial charge in [-0.05, 0) is 36.2 Å². The highest BCUT2D eigenvalue weighted by Gasteiger charge is 2.34. The third kappa shape index (κ3) is 2.65. The highest BCUT2D eigenvalue weighted by molar-refractivity contribution is 6.21. The van der Waals surface area contributed by atoms with Crippen molar-refractivity contribution in [2.75, 3.05) is 20.8 Å². The van der Waals surface area contributed by atoms with Gasteiger partial charge in [0, 0.05) is 6.54 Å². The molecule has 0 atom stereocenters. The number of carbonyl (C=O) groups excluding carboxylic acids is 2. The minimum atomic E-state index is -0.230. The van der Waals surface area contributed by atoms with Crippen LogP contribution in [0.15, 0.2) is 42.5 Å². The Labute approximate surface area is 134 Å². The minimum Gasteiger partial charge on any atom is -0.493 e. The molecule has 0 N–H and O–H groups in total. The number of methoxy groups -OCH3 is 2. The lowest BCUT2D eigenvalue weighted by Gasteiger charge is -2.14. The molecule has 2 aromatic carbocycles. The van der Waals surface area contributed by atoms with Crippen LogP contribution in [-0.4, -0.2) is 37.5 Å². The van der Waals surface area contributed by atoms with E-state index in [1.807, 2.05) is 18.2 Å². The van der Waals surface area contributed by atoms with Gasteiger partial charge in [-0.2, -0.15) is 0 Å². The Morgan fingerprint density at radius 1 is 0.870 bits per heavy atom. The van der Waals surface area contributed by atoms with Crippen LogP contribution < -0.4 is 9.47 Å². The fraction of sp³-hybridized carbons (Fsp3) is 0.222. The molecule has 1 heterocycles. The maximum atomic E-state index is 12.3. The van der Waals surface area contributed by atoms with Crippen molar-refractivity contribution in [2.45, 2.75) is 6.42 Å². The summed E-state index contributed by atoms with van der Waals surface area (Å²) in [7, 11) is 3.15. The Bertz CT molecular complexity index is 734. The number of fused-ring (bicyclic) bond motifs is 1. The number of benzene rings is 2. The SMILES string of the molecule is COc1ccc(CCN2C(=O)c3ccccc3C2=O)cc1OC. The molecule has 118 valence electrons. The van der Waals surface area contributed by atoms with E-state index in [1.54, 1.807) is 38.5 Å². The van der Waals surface area contributed by atoms with Crippen LogP contribution in [0.1, 0.15) is 26.3 Å². The number of nitrogens with zero attached hydrogens (tertiary/aromatic N) is 1. The van der Waals surface area contributed by atoms with Crippen molar-refractivity contribution in [3.8, 4) is 11.5 Å². The van der Waals surface area contributed by atoms with Gasteiger partial charge in [-0.25, -0.2) is 0 Å². The van der Waals surface area contributed by atoms with Crippen molar-refractivity contribution in [2.24, 2.45) is 0 Å². The Morgan fingerprint density at radius 3 is 2.04 bits per heavy atom. The molecule has 3 rings (SSSR count). The summed E-state index contributed by atoms with van der Waals surface area (Å²) in [6.07, 6.45) is 0.561. The summed E-state index contributed by atoms with van der Waals surface area (Å²) in [6.45, 7) is 0.335. The highest BCUT2D eigenvalue weighted by atomic mass is 16.5. The van der Waals surface area contributed by atoms with Crippen LogP contribution in [0.25, 0.3) is 0 Å². The molecule has 0 spiro atoms. The lowest BCUT2D eigenvalue weighted by Crippen LogP contribution is -2.31. The third-order valence-corrected chi connectivity index (χ3v) is 3.95. The summed E-state index contributed by atoms with van der Waals surface area (Å²) in [6, 6.07) is 12.5. The second-order valence-electron chi connectivity index (χ2n) is 5.25. The number of hydrogen-bond acceptors (Lipinski definition) is 4. The summed E-state index contributed by atoms with van der Waals surface area (Å²) in [5.74, 6) is 0.821. The van der Waals surface area contributed by atoms with Crippen molar-refractivity contribution in [3.05, 3.63) is 59.2 Å². The van der Waals surface area contributed by atoms with Gasteiger partial charge in [-0.3, -0.25) is 14.5 Å². The first-order chi connectivity index (χ1) is 11.2. The number of hydrogen-bond donors (Lipinski definition) is 0. The molecule has 0 aromatic heterocycles. The molecule has 0 aliphatic carbocycles. The molecular weight excluding hydrogens is 294 g/mol. The van der Waals surface area contributed by atoms with Gasteiger partial charge in [0.05, 0.1) is 25.3 Å².